The van der Waals surface area contributed by atoms with Gasteiger partial charge in [0.25, 0.3) is 0 Å². The molecule has 0 radical (unpaired) electrons. The maximum Gasteiger partial charge on any atom is 0.333 e. The van der Waals surface area contributed by atoms with E-state index in [9.17, 15) is 14.4 Å². The predicted octanol–water partition coefficient (Wildman–Crippen LogP) is 1.46. The van der Waals surface area contributed by atoms with Gasteiger partial charge < -0.3 is 14.6 Å². The average Bonchev–Trinajstić information content (AvgIpc) is 2.32. The molecule has 0 unspecified atom stereocenters. The molecule has 0 amide bonds. The third-order valence-corrected chi connectivity index (χ3v) is 1.97. The van der Waals surface area contributed by atoms with Crippen molar-refractivity contribution in [3.63, 3.8) is 0 Å². The van der Waals surface area contributed by atoms with Crippen molar-refractivity contribution in [2.45, 2.75) is 26.2 Å². The fourth-order valence-corrected chi connectivity index (χ4v) is 1.08. The first-order valence-electron chi connectivity index (χ1n) is 5.83. The first-order chi connectivity index (χ1) is 8.97. The van der Waals surface area contributed by atoms with Gasteiger partial charge in [0.1, 0.15) is 0 Å². The number of allylic oxidation sites excluding steroid dienone is 1. The molecule has 0 rings (SSSR count). The van der Waals surface area contributed by atoms with E-state index in [1.807, 2.05) is 0 Å². The minimum absolute atomic E-state index is 0.0907. The van der Waals surface area contributed by atoms with Gasteiger partial charge in [-0.3, -0.25) is 4.79 Å². The van der Waals surface area contributed by atoms with Crippen LogP contribution in [0.5, 0.6) is 0 Å². The van der Waals surface area contributed by atoms with Crippen molar-refractivity contribution >= 4 is 17.9 Å². The van der Waals surface area contributed by atoms with E-state index >= 15 is 0 Å². The molecule has 0 fully saturated rings. The lowest BCUT2D eigenvalue weighted by atomic mass is 10.2. The van der Waals surface area contributed by atoms with E-state index in [0.29, 0.717) is 12.8 Å². The summed E-state index contributed by atoms with van der Waals surface area (Å²) in [4.78, 5) is 32.5. The molecule has 1 N–H and O–H groups in total. The molecule has 0 aromatic rings. The lowest BCUT2D eigenvalue weighted by Crippen LogP contribution is -2.12. The molecule has 0 spiro atoms. The summed E-state index contributed by atoms with van der Waals surface area (Å²) in [6, 6.07) is 0. The first kappa shape index (κ1) is 16.9. The molecule has 0 saturated carbocycles. The molecule has 19 heavy (non-hydrogen) atoms. The van der Waals surface area contributed by atoms with Crippen LogP contribution in [0.1, 0.15) is 26.2 Å². The highest BCUT2D eigenvalue weighted by Gasteiger charge is 2.11. The van der Waals surface area contributed by atoms with Crippen molar-refractivity contribution in [3.05, 3.63) is 24.3 Å². The van der Waals surface area contributed by atoms with Crippen LogP contribution in [-0.2, 0) is 23.9 Å². The Kier molecular flexibility index (Phi) is 8.78. The Morgan fingerprint density at radius 3 is 2.26 bits per heavy atom. The van der Waals surface area contributed by atoms with Gasteiger partial charge in [0.2, 0.25) is 0 Å². The minimum atomic E-state index is -1.13. The lowest BCUT2D eigenvalue weighted by molar-refractivity contribution is -0.143. The van der Waals surface area contributed by atoms with Crippen LogP contribution in [0.15, 0.2) is 24.3 Å². The van der Waals surface area contributed by atoms with E-state index in [1.54, 1.807) is 13.0 Å². The van der Waals surface area contributed by atoms with Crippen LogP contribution in [0, 0.1) is 0 Å². The number of hydrogen-bond acceptors (Lipinski definition) is 5. The molecular weight excluding hydrogens is 252 g/mol. The summed E-state index contributed by atoms with van der Waals surface area (Å²) in [7, 11) is 0. The van der Waals surface area contributed by atoms with Gasteiger partial charge in [-0.05, 0) is 19.8 Å². The van der Waals surface area contributed by atoms with E-state index in [-0.39, 0.29) is 18.8 Å². The van der Waals surface area contributed by atoms with Crippen molar-refractivity contribution in [3.8, 4) is 0 Å². The third kappa shape index (κ3) is 9.58. The number of rotatable bonds is 9. The van der Waals surface area contributed by atoms with Gasteiger partial charge >= 0.3 is 17.9 Å². The van der Waals surface area contributed by atoms with Crippen molar-refractivity contribution in [1.29, 1.82) is 0 Å². The zero-order valence-electron chi connectivity index (χ0n) is 10.9. The van der Waals surface area contributed by atoms with Gasteiger partial charge in [-0.1, -0.05) is 12.7 Å². The molecule has 0 aliphatic carbocycles. The van der Waals surface area contributed by atoms with Gasteiger partial charge in [0, 0.05) is 11.6 Å². The highest BCUT2D eigenvalue weighted by atomic mass is 16.5. The van der Waals surface area contributed by atoms with E-state index in [1.165, 1.54) is 6.08 Å². The number of aliphatic carboxylic acids is 1. The van der Waals surface area contributed by atoms with Crippen LogP contribution in [0.4, 0.5) is 0 Å². The SMILES string of the molecule is C=C(CC(=O)O)C(=O)OCCCCOC(=O)C=CC. The Bertz CT molecular complexity index is 369. The molecule has 0 atom stereocenters. The summed E-state index contributed by atoms with van der Waals surface area (Å²) in [6.07, 6.45) is 3.55. The Morgan fingerprint density at radius 2 is 1.74 bits per heavy atom. The number of carbonyl (C=O) groups excluding carboxylic acids is 2. The Balaban J connectivity index is 3.59. The van der Waals surface area contributed by atoms with E-state index in [0.717, 1.165) is 0 Å². The molecule has 0 bridgehead atoms. The zero-order valence-corrected chi connectivity index (χ0v) is 10.9. The maximum absolute atomic E-state index is 11.2. The molecule has 0 aromatic heterocycles. The molecule has 6 nitrogen and oxygen atoms in total. The lowest BCUT2D eigenvalue weighted by Gasteiger charge is -2.05. The first-order valence-corrected chi connectivity index (χ1v) is 5.83. The molecule has 0 heterocycles. The van der Waals surface area contributed by atoms with Crippen LogP contribution in [0.2, 0.25) is 0 Å². The number of esters is 2. The summed E-state index contributed by atoms with van der Waals surface area (Å²) in [6.45, 7) is 5.42. The summed E-state index contributed by atoms with van der Waals surface area (Å²) in [5, 5.41) is 8.45. The number of carboxylic acid groups (broad SMARTS) is 1. The van der Waals surface area contributed by atoms with Gasteiger partial charge in [-0.2, -0.15) is 0 Å². The highest BCUT2D eigenvalue weighted by molar-refractivity contribution is 5.92. The summed E-state index contributed by atoms with van der Waals surface area (Å²) >= 11 is 0. The van der Waals surface area contributed by atoms with Crippen LogP contribution in [-0.4, -0.2) is 36.2 Å². The van der Waals surface area contributed by atoms with Crippen molar-refractivity contribution in [1.82, 2.24) is 0 Å². The topological polar surface area (TPSA) is 89.9 Å². The molecule has 0 aliphatic heterocycles. The standard InChI is InChI=1S/C13H18O6/c1-3-6-12(16)18-7-4-5-8-19-13(17)10(2)9-11(14)15/h3,6H,2,4-5,7-9H2,1H3,(H,14,15). The molecular formula is C13H18O6. The van der Waals surface area contributed by atoms with E-state index in [2.05, 4.69) is 6.58 Å². The number of unbranched alkanes of at least 4 members (excludes halogenated alkanes) is 1. The predicted molar refractivity (Wildman–Crippen MR) is 67.4 cm³/mol. The van der Waals surface area contributed by atoms with Gasteiger partial charge in [-0.15, -0.1) is 0 Å². The number of hydrogen-bond donors (Lipinski definition) is 1. The zero-order chi connectivity index (χ0) is 14.7. The van der Waals surface area contributed by atoms with Gasteiger partial charge in [0.05, 0.1) is 19.6 Å². The van der Waals surface area contributed by atoms with Gasteiger partial charge in [0.15, 0.2) is 0 Å². The fourth-order valence-electron chi connectivity index (χ4n) is 1.08. The van der Waals surface area contributed by atoms with Crippen molar-refractivity contribution in [2.24, 2.45) is 0 Å². The quantitative estimate of drug-likeness (QED) is 0.387. The largest absolute Gasteiger partial charge is 0.481 e. The third-order valence-electron chi connectivity index (χ3n) is 1.97. The summed E-state index contributed by atoms with van der Waals surface area (Å²) in [5.74, 6) is -2.25. The number of carboxylic acids is 1. The molecule has 0 saturated heterocycles. The molecule has 106 valence electrons. The molecule has 6 heteroatoms. The van der Waals surface area contributed by atoms with Gasteiger partial charge in [-0.25, -0.2) is 9.59 Å². The molecule has 0 aliphatic rings. The smallest absolute Gasteiger partial charge is 0.333 e. The van der Waals surface area contributed by atoms with Crippen LogP contribution in [0.25, 0.3) is 0 Å². The summed E-state index contributed by atoms with van der Waals surface area (Å²) in [5.41, 5.74) is -0.0907. The van der Waals surface area contributed by atoms with E-state index < -0.39 is 24.3 Å². The monoisotopic (exact) mass is 270 g/mol. The van der Waals surface area contributed by atoms with Crippen molar-refractivity contribution < 1.29 is 29.0 Å². The second-order valence-electron chi connectivity index (χ2n) is 3.68. The van der Waals surface area contributed by atoms with Crippen LogP contribution >= 0.6 is 0 Å². The second-order valence-corrected chi connectivity index (χ2v) is 3.68. The van der Waals surface area contributed by atoms with Crippen LogP contribution in [0.3, 0.4) is 0 Å². The minimum Gasteiger partial charge on any atom is -0.481 e. The normalized spacial score (nSPS) is 10.2. The fraction of sp³-hybridized carbons (Fsp3) is 0.462. The highest BCUT2D eigenvalue weighted by Crippen LogP contribution is 2.02. The Morgan fingerprint density at radius 1 is 1.16 bits per heavy atom. The Hall–Kier alpha value is -2.11. The van der Waals surface area contributed by atoms with E-state index in [4.69, 9.17) is 14.6 Å². The Labute approximate surface area is 111 Å². The van der Waals surface area contributed by atoms with Crippen molar-refractivity contribution in [2.75, 3.05) is 13.2 Å². The summed E-state index contributed by atoms with van der Waals surface area (Å²) < 4.78 is 9.63. The second kappa shape index (κ2) is 9.87. The molecule has 0 aromatic carbocycles. The number of carbonyl (C=O) groups is 3. The maximum atomic E-state index is 11.2. The number of ether oxygens (including phenoxy) is 2. The van der Waals surface area contributed by atoms with Crippen LogP contribution < -0.4 is 0 Å². The average molecular weight is 270 g/mol.